The van der Waals surface area contributed by atoms with Gasteiger partial charge in [0.15, 0.2) is 0 Å². The largest absolute Gasteiger partial charge is 0.495 e. The van der Waals surface area contributed by atoms with Crippen molar-refractivity contribution >= 4 is 6.08 Å². The van der Waals surface area contributed by atoms with E-state index in [1.165, 1.54) is 0 Å². The first-order valence-corrected chi connectivity index (χ1v) is 4.83. The van der Waals surface area contributed by atoms with Crippen molar-refractivity contribution in [2.24, 2.45) is 0 Å². The number of rotatable bonds is 2. The van der Waals surface area contributed by atoms with Crippen LogP contribution in [-0.4, -0.2) is 11.7 Å². The second-order valence-electron chi connectivity index (χ2n) is 3.60. The molecule has 0 radical (unpaired) electrons. The first-order chi connectivity index (χ1) is 6.66. The highest BCUT2D eigenvalue weighted by Crippen LogP contribution is 2.39. The van der Waals surface area contributed by atoms with Crippen LogP contribution in [0, 0.1) is 0 Å². The van der Waals surface area contributed by atoms with Gasteiger partial charge in [0.2, 0.25) is 0 Å². The Morgan fingerprint density at radius 3 is 2.71 bits per heavy atom. The summed E-state index contributed by atoms with van der Waals surface area (Å²) in [5.41, 5.74) is 0.997. The number of ether oxygens (including phenoxy) is 1. The summed E-state index contributed by atoms with van der Waals surface area (Å²) in [5, 5.41) is 10.2. The molecule has 0 amide bonds. The third-order valence-corrected chi connectivity index (χ3v) is 2.55. The predicted octanol–water partition coefficient (Wildman–Crippen LogP) is 2.29. The molecule has 2 nitrogen and oxygen atoms in total. The smallest absolute Gasteiger partial charge is 0.144 e. The molecule has 1 aromatic rings. The van der Waals surface area contributed by atoms with E-state index in [4.69, 9.17) is 4.74 Å². The van der Waals surface area contributed by atoms with Crippen LogP contribution in [0.4, 0.5) is 0 Å². The van der Waals surface area contributed by atoms with Crippen molar-refractivity contribution in [2.75, 3.05) is 6.61 Å². The number of benzene rings is 1. The Bertz CT molecular complexity index is 378. The van der Waals surface area contributed by atoms with E-state index in [9.17, 15) is 5.11 Å². The number of fused-ring (bicyclic) bond motifs is 1. The van der Waals surface area contributed by atoms with Gasteiger partial charge in [0.1, 0.15) is 11.4 Å². The molecule has 0 bridgehead atoms. The van der Waals surface area contributed by atoms with Gasteiger partial charge in [-0.3, -0.25) is 0 Å². The second kappa shape index (κ2) is 3.14. The summed E-state index contributed by atoms with van der Waals surface area (Å²) in [7, 11) is 0. The molecule has 0 aromatic heterocycles. The Balaban J connectivity index is 2.45. The molecular formula is C12H14O2. The molecule has 2 rings (SSSR count). The van der Waals surface area contributed by atoms with E-state index in [-0.39, 0.29) is 0 Å². The van der Waals surface area contributed by atoms with Crippen molar-refractivity contribution in [3.05, 3.63) is 41.2 Å². The van der Waals surface area contributed by atoms with Crippen molar-refractivity contribution in [1.82, 2.24) is 0 Å². The van der Waals surface area contributed by atoms with Gasteiger partial charge >= 0.3 is 0 Å². The second-order valence-corrected chi connectivity index (χ2v) is 3.60. The number of hydrogen-bond donors (Lipinski definition) is 1. The maximum absolute atomic E-state index is 10.2. The Hall–Kier alpha value is -1.28. The Kier molecular flexibility index (Phi) is 2.08. The lowest BCUT2D eigenvalue weighted by atomic mass is 9.97. The van der Waals surface area contributed by atoms with Crippen molar-refractivity contribution in [1.29, 1.82) is 0 Å². The maximum atomic E-state index is 10.2. The molecule has 1 aliphatic rings. The molecule has 0 heterocycles. The minimum atomic E-state index is -0.966. The average Bonchev–Trinajstić information content (AvgIpc) is 2.41. The van der Waals surface area contributed by atoms with Gasteiger partial charge in [0.25, 0.3) is 0 Å². The van der Waals surface area contributed by atoms with Crippen molar-refractivity contribution < 1.29 is 9.84 Å². The quantitative estimate of drug-likeness (QED) is 0.775. The molecule has 1 N–H and O–H groups in total. The van der Waals surface area contributed by atoms with Crippen LogP contribution >= 0.6 is 0 Å². The third-order valence-electron chi connectivity index (χ3n) is 2.55. The van der Waals surface area contributed by atoms with Gasteiger partial charge in [-0.05, 0) is 31.1 Å². The van der Waals surface area contributed by atoms with Gasteiger partial charge < -0.3 is 9.84 Å². The summed E-state index contributed by atoms with van der Waals surface area (Å²) in [6.07, 6.45) is 1.90. The normalized spacial score (nSPS) is 24.4. The lowest BCUT2D eigenvalue weighted by Gasteiger charge is -2.22. The fraction of sp³-hybridized carbons (Fsp3) is 0.333. The standard InChI is InChI=1S/C12H14O2/c1-3-14-11-8-9-6-4-5-7-10(9)12(11,2)13/h4-8,13H,3H2,1-2H3. The molecule has 1 unspecified atom stereocenters. The Morgan fingerprint density at radius 2 is 2.07 bits per heavy atom. The highest BCUT2D eigenvalue weighted by atomic mass is 16.5. The monoisotopic (exact) mass is 190 g/mol. The van der Waals surface area contributed by atoms with Crippen LogP contribution in [0.3, 0.4) is 0 Å². The van der Waals surface area contributed by atoms with Crippen LogP contribution in [0.1, 0.15) is 25.0 Å². The van der Waals surface area contributed by atoms with Gasteiger partial charge in [0.05, 0.1) is 6.61 Å². The molecule has 1 aromatic carbocycles. The molecule has 0 fully saturated rings. The first kappa shape index (κ1) is 9.28. The molecule has 1 atom stereocenters. The van der Waals surface area contributed by atoms with Gasteiger partial charge in [-0.1, -0.05) is 24.3 Å². The highest BCUT2D eigenvalue weighted by molar-refractivity contribution is 5.66. The SMILES string of the molecule is CCOC1=Cc2ccccc2C1(C)O. The van der Waals surface area contributed by atoms with Gasteiger partial charge in [-0.2, -0.15) is 0 Å². The molecule has 0 saturated carbocycles. The van der Waals surface area contributed by atoms with E-state index in [1.807, 2.05) is 37.3 Å². The summed E-state index contributed by atoms with van der Waals surface area (Å²) in [6.45, 7) is 4.26. The van der Waals surface area contributed by atoms with Crippen molar-refractivity contribution in [3.63, 3.8) is 0 Å². The Morgan fingerprint density at radius 1 is 1.36 bits per heavy atom. The van der Waals surface area contributed by atoms with E-state index < -0.39 is 5.60 Å². The minimum Gasteiger partial charge on any atom is -0.495 e. The summed E-state index contributed by atoms with van der Waals surface area (Å²) in [5.74, 6) is 0.640. The molecular weight excluding hydrogens is 176 g/mol. The van der Waals surface area contributed by atoms with Crippen LogP contribution in [0.25, 0.3) is 6.08 Å². The Labute approximate surface area is 83.8 Å². The molecule has 0 aliphatic heterocycles. The van der Waals surface area contributed by atoms with Crippen LogP contribution in [-0.2, 0) is 10.3 Å². The van der Waals surface area contributed by atoms with Crippen LogP contribution < -0.4 is 0 Å². The lowest BCUT2D eigenvalue weighted by molar-refractivity contribution is 0.0307. The van der Waals surface area contributed by atoms with Gasteiger partial charge in [0, 0.05) is 0 Å². The molecule has 1 aliphatic carbocycles. The number of hydrogen-bond acceptors (Lipinski definition) is 2. The topological polar surface area (TPSA) is 29.5 Å². The van der Waals surface area contributed by atoms with Crippen molar-refractivity contribution in [3.8, 4) is 0 Å². The molecule has 14 heavy (non-hydrogen) atoms. The van der Waals surface area contributed by atoms with Gasteiger partial charge in [-0.25, -0.2) is 0 Å². The lowest BCUT2D eigenvalue weighted by Crippen LogP contribution is -2.22. The van der Waals surface area contributed by atoms with Gasteiger partial charge in [-0.15, -0.1) is 0 Å². The van der Waals surface area contributed by atoms with Crippen molar-refractivity contribution in [2.45, 2.75) is 19.4 Å². The van der Waals surface area contributed by atoms with Crippen LogP contribution in [0.5, 0.6) is 0 Å². The fourth-order valence-electron chi connectivity index (χ4n) is 1.82. The van der Waals surface area contributed by atoms with E-state index in [0.717, 1.165) is 11.1 Å². The zero-order valence-electron chi connectivity index (χ0n) is 8.45. The van der Waals surface area contributed by atoms with Crippen LogP contribution in [0.15, 0.2) is 30.0 Å². The van der Waals surface area contributed by atoms with E-state index in [1.54, 1.807) is 6.92 Å². The number of aliphatic hydroxyl groups is 1. The molecule has 2 heteroatoms. The fourth-order valence-corrected chi connectivity index (χ4v) is 1.82. The molecule has 0 spiro atoms. The van der Waals surface area contributed by atoms with E-state index in [2.05, 4.69) is 0 Å². The summed E-state index contributed by atoms with van der Waals surface area (Å²) >= 11 is 0. The third kappa shape index (κ3) is 1.23. The van der Waals surface area contributed by atoms with Crippen LogP contribution in [0.2, 0.25) is 0 Å². The first-order valence-electron chi connectivity index (χ1n) is 4.83. The summed E-state index contributed by atoms with van der Waals surface area (Å²) in [6, 6.07) is 7.80. The molecule has 0 saturated heterocycles. The average molecular weight is 190 g/mol. The summed E-state index contributed by atoms with van der Waals surface area (Å²) < 4.78 is 5.41. The zero-order valence-corrected chi connectivity index (χ0v) is 8.45. The summed E-state index contributed by atoms with van der Waals surface area (Å²) in [4.78, 5) is 0. The molecule has 74 valence electrons. The highest BCUT2D eigenvalue weighted by Gasteiger charge is 2.36. The maximum Gasteiger partial charge on any atom is 0.144 e. The zero-order chi connectivity index (χ0) is 10.2. The van der Waals surface area contributed by atoms with E-state index >= 15 is 0 Å². The predicted molar refractivity (Wildman–Crippen MR) is 55.6 cm³/mol. The minimum absolute atomic E-state index is 0.579. The van der Waals surface area contributed by atoms with E-state index in [0.29, 0.717) is 12.4 Å².